The molecule has 1 aliphatic rings. The van der Waals surface area contributed by atoms with E-state index in [0.29, 0.717) is 11.2 Å². The normalized spacial score (nSPS) is 30.7. The first-order valence-electron chi connectivity index (χ1n) is 5.24. The molecule has 0 aromatic heterocycles. The maximum atomic E-state index is 11.3. The largest absolute Gasteiger partial charge is 0.300 e. The van der Waals surface area contributed by atoms with E-state index in [4.69, 9.17) is 0 Å². The first-order chi connectivity index (χ1) is 5.72. The molecule has 0 bridgehead atoms. The molecule has 0 amide bonds. The van der Waals surface area contributed by atoms with Gasteiger partial charge in [-0.2, -0.15) is 0 Å². The van der Waals surface area contributed by atoms with Gasteiger partial charge in [0.15, 0.2) is 0 Å². The van der Waals surface area contributed by atoms with Gasteiger partial charge in [0.05, 0.1) is 0 Å². The predicted octanol–water partition coefficient (Wildman–Crippen LogP) is 3.33. The Morgan fingerprint density at radius 3 is 2.67 bits per heavy atom. The monoisotopic (exact) mass is 168 g/mol. The average molecular weight is 168 g/mol. The molecule has 1 aliphatic carbocycles. The van der Waals surface area contributed by atoms with Crippen molar-refractivity contribution < 1.29 is 4.79 Å². The van der Waals surface area contributed by atoms with Crippen molar-refractivity contribution in [1.29, 1.82) is 0 Å². The Hall–Kier alpha value is -0.330. The van der Waals surface area contributed by atoms with Gasteiger partial charge in [0, 0.05) is 12.8 Å². The third kappa shape index (κ3) is 2.09. The Morgan fingerprint density at radius 1 is 1.42 bits per heavy atom. The molecule has 0 N–H and O–H groups in total. The number of carbonyl (C=O) groups excluding carboxylic acids is 1. The lowest BCUT2D eigenvalue weighted by Gasteiger charge is -2.35. The van der Waals surface area contributed by atoms with E-state index in [-0.39, 0.29) is 0 Å². The first kappa shape index (κ1) is 9.76. The van der Waals surface area contributed by atoms with Crippen molar-refractivity contribution in [2.75, 3.05) is 0 Å². The highest BCUT2D eigenvalue weighted by Gasteiger charge is 2.32. The van der Waals surface area contributed by atoms with Crippen LogP contribution in [0.5, 0.6) is 0 Å². The van der Waals surface area contributed by atoms with Gasteiger partial charge in [-0.1, -0.05) is 26.7 Å². The van der Waals surface area contributed by atoms with Gasteiger partial charge in [0.2, 0.25) is 0 Å². The minimum Gasteiger partial charge on any atom is -0.300 e. The molecule has 1 atom stereocenters. The number of Topliss-reactive ketones (excluding diaryl/α,β-unsaturated/α-hetero) is 1. The number of hydrogen-bond donors (Lipinski definition) is 0. The van der Waals surface area contributed by atoms with Crippen LogP contribution in [-0.2, 0) is 4.79 Å². The van der Waals surface area contributed by atoms with Crippen LogP contribution in [0, 0.1) is 5.41 Å². The van der Waals surface area contributed by atoms with Gasteiger partial charge in [0.25, 0.3) is 0 Å². The molecule has 1 fully saturated rings. The van der Waals surface area contributed by atoms with Gasteiger partial charge in [-0.15, -0.1) is 0 Å². The summed E-state index contributed by atoms with van der Waals surface area (Å²) in [6.07, 6.45) is 7.77. The average Bonchev–Trinajstić information content (AvgIpc) is 2.05. The zero-order valence-electron chi connectivity index (χ0n) is 8.36. The Balaban J connectivity index is 2.57. The van der Waals surface area contributed by atoms with E-state index in [2.05, 4.69) is 13.8 Å². The van der Waals surface area contributed by atoms with Crippen molar-refractivity contribution in [2.45, 2.75) is 58.8 Å². The summed E-state index contributed by atoms with van der Waals surface area (Å²) in [7, 11) is 0. The third-order valence-electron chi connectivity index (χ3n) is 3.27. The van der Waals surface area contributed by atoms with Gasteiger partial charge in [-0.3, -0.25) is 4.79 Å². The predicted molar refractivity (Wildman–Crippen MR) is 51.1 cm³/mol. The second kappa shape index (κ2) is 4.06. The molecule has 0 spiro atoms. The standard InChI is InChI=1S/C11H20O/c1-3-7-11(4-2)8-5-6-10(12)9-11/h3-9H2,1-2H3/t11-/m1/s1. The SMILES string of the molecule is CCC[C@]1(CC)CCCC(=O)C1. The molecule has 0 saturated heterocycles. The maximum Gasteiger partial charge on any atom is 0.133 e. The van der Waals surface area contributed by atoms with Crippen molar-refractivity contribution in [3.63, 3.8) is 0 Å². The van der Waals surface area contributed by atoms with Crippen molar-refractivity contribution in [3.8, 4) is 0 Å². The minimum atomic E-state index is 0.393. The van der Waals surface area contributed by atoms with Crippen LogP contribution in [0.15, 0.2) is 0 Å². The molecule has 1 rings (SSSR count). The Morgan fingerprint density at radius 2 is 2.17 bits per heavy atom. The summed E-state index contributed by atoms with van der Waals surface area (Å²) < 4.78 is 0. The van der Waals surface area contributed by atoms with Crippen LogP contribution in [-0.4, -0.2) is 5.78 Å². The molecular formula is C11H20O. The Kier molecular flexibility index (Phi) is 3.30. The fraction of sp³-hybridized carbons (Fsp3) is 0.909. The number of hydrogen-bond acceptors (Lipinski definition) is 1. The van der Waals surface area contributed by atoms with Crippen molar-refractivity contribution in [2.24, 2.45) is 5.41 Å². The molecule has 0 aliphatic heterocycles. The molecule has 1 saturated carbocycles. The highest BCUT2D eigenvalue weighted by Crippen LogP contribution is 2.41. The summed E-state index contributed by atoms with van der Waals surface area (Å²) in [6.45, 7) is 4.45. The quantitative estimate of drug-likeness (QED) is 0.631. The van der Waals surface area contributed by atoms with E-state index in [1.165, 1.54) is 25.7 Å². The van der Waals surface area contributed by atoms with Crippen molar-refractivity contribution >= 4 is 5.78 Å². The highest BCUT2D eigenvalue weighted by molar-refractivity contribution is 5.79. The Bertz CT molecular complexity index is 158. The summed E-state index contributed by atoms with van der Waals surface area (Å²) in [5.74, 6) is 0.497. The van der Waals surface area contributed by atoms with E-state index in [1.54, 1.807) is 0 Å². The van der Waals surface area contributed by atoms with Gasteiger partial charge < -0.3 is 0 Å². The van der Waals surface area contributed by atoms with Crippen LogP contribution in [0.2, 0.25) is 0 Å². The first-order valence-corrected chi connectivity index (χ1v) is 5.24. The fourth-order valence-electron chi connectivity index (χ4n) is 2.48. The smallest absolute Gasteiger partial charge is 0.133 e. The van der Waals surface area contributed by atoms with Gasteiger partial charge in [-0.05, 0) is 24.7 Å². The summed E-state index contributed by atoms with van der Waals surface area (Å²) in [5, 5.41) is 0. The topological polar surface area (TPSA) is 17.1 Å². The molecule has 1 heteroatoms. The number of rotatable bonds is 3. The molecule has 0 aromatic rings. The van der Waals surface area contributed by atoms with Crippen LogP contribution < -0.4 is 0 Å². The van der Waals surface area contributed by atoms with Gasteiger partial charge >= 0.3 is 0 Å². The third-order valence-corrected chi connectivity index (χ3v) is 3.27. The van der Waals surface area contributed by atoms with E-state index < -0.39 is 0 Å². The lowest BCUT2D eigenvalue weighted by molar-refractivity contribution is -0.124. The minimum absolute atomic E-state index is 0.393. The zero-order chi connectivity index (χ0) is 9.03. The van der Waals surface area contributed by atoms with Crippen molar-refractivity contribution in [1.82, 2.24) is 0 Å². The maximum absolute atomic E-state index is 11.3. The molecule has 0 aromatic carbocycles. The van der Waals surface area contributed by atoms with Crippen LogP contribution in [0.3, 0.4) is 0 Å². The Labute approximate surface area is 75.5 Å². The summed E-state index contributed by atoms with van der Waals surface area (Å²) in [5.41, 5.74) is 0.393. The molecule has 1 nitrogen and oxygen atoms in total. The zero-order valence-corrected chi connectivity index (χ0v) is 8.36. The lowest BCUT2D eigenvalue weighted by Crippen LogP contribution is -2.28. The molecule has 70 valence electrons. The molecule has 0 unspecified atom stereocenters. The van der Waals surface area contributed by atoms with Crippen LogP contribution in [0.1, 0.15) is 58.8 Å². The highest BCUT2D eigenvalue weighted by atomic mass is 16.1. The second-order valence-corrected chi connectivity index (χ2v) is 4.17. The van der Waals surface area contributed by atoms with Crippen LogP contribution in [0.25, 0.3) is 0 Å². The lowest BCUT2D eigenvalue weighted by atomic mass is 9.69. The molecule has 12 heavy (non-hydrogen) atoms. The molecular weight excluding hydrogens is 148 g/mol. The summed E-state index contributed by atoms with van der Waals surface area (Å²) >= 11 is 0. The summed E-state index contributed by atoms with van der Waals surface area (Å²) in [6, 6.07) is 0. The summed E-state index contributed by atoms with van der Waals surface area (Å²) in [4.78, 5) is 11.3. The van der Waals surface area contributed by atoms with Crippen molar-refractivity contribution in [3.05, 3.63) is 0 Å². The van der Waals surface area contributed by atoms with E-state index in [9.17, 15) is 4.79 Å². The van der Waals surface area contributed by atoms with Gasteiger partial charge in [-0.25, -0.2) is 0 Å². The van der Waals surface area contributed by atoms with Gasteiger partial charge in [0.1, 0.15) is 5.78 Å². The van der Waals surface area contributed by atoms with Crippen LogP contribution in [0.4, 0.5) is 0 Å². The second-order valence-electron chi connectivity index (χ2n) is 4.17. The molecule has 0 radical (unpaired) electrons. The van der Waals surface area contributed by atoms with E-state index >= 15 is 0 Å². The van der Waals surface area contributed by atoms with E-state index in [0.717, 1.165) is 19.3 Å². The number of carbonyl (C=O) groups is 1. The van der Waals surface area contributed by atoms with E-state index in [1.807, 2.05) is 0 Å². The molecule has 0 heterocycles. The fourth-order valence-corrected chi connectivity index (χ4v) is 2.48. The van der Waals surface area contributed by atoms with Crippen LogP contribution >= 0.6 is 0 Å². The number of ketones is 1.